The number of anilines is 1. The monoisotopic (exact) mass is 312 g/mol. The first-order valence-electron chi connectivity index (χ1n) is 6.49. The molecule has 1 aromatic rings. The van der Waals surface area contributed by atoms with Crippen LogP contribution in [0.15, 0.2) is 18.2 Å². The molecule has 1 aliphatic heterocycles. The number of pyridine rings is 1. The number of hydrogen-bond donors (Lipinski definition) is 1. The molecule has 1 aliphatic rings. The van der Waals surface area contributed by atoms with Crippen LogP contribution >= 0.6 is 15.9 Å². The van der Waals surface area contributed by atoms with Crippen LogP contribution in [0.2, 0.25) is 0 Å². The van der Waals surface area contributed by atoms with Gasteiger partial charge in [0.15, 0.2) is 0 Å². The van der Waals surface area contributed by atoms with Crippen molar-refractivity contribution in [1.29, 1.82) is 0 Å². The molecule has 1 N–H and O–H groups in total. The predicted molar refractivity (Wildman–Crippen MR) is 78.1 cm³/mol. The van der Waals surface area contributed by atoms with Crippen molar-refractivity contribution in [3.05, 3.63) is 23.9 Å². The minimum absolute atomic E-state index is 0.0235. The Balaban J connectivity index is 1.87. The quantitative estimate of drug-likeness (QED) is 0.863. The zero-order chi connectivity index (χ0) is 13.0. The molecule has 1 unspecified atom stereocenters. The summed E-state index contributed by atoms with van der Waals surface area (Å²) in [7, 11) is 0. The molecular formula is C14H21BrN2O. The standard InChI is InChI=1S/C14H21BrN2O/c1-14(2)8-11(6-7-18-14)10-16-13-5-3-4-12(9-15)17-13/h3-5,11H,6-10H2,1-2H3,(H,16,17). The fraction of sp³-hybridized carbons (Fsp3) is 0.643. The molecule has 0 amide bonds. The van der Waals surface area contributed by atoms with E-state index in [-0.39, 0.29) is 5.60 Å². The summed E-state index contributed by atoms with van der Waals surface area (Å²) in [6, 6.07) is 6.09. The van der Waals surface area contributed by atoms with E-state index in [2.05, 4.69) is 40.1 Å². The van der Waals surface area contributed by atoms with Gasteiger partial charge in [-0.25, -0.2) is 4.98 Å². The van der Waals surface area contributed by atoms with E-state index in [1.54, 1.807) is 0 Å². The number of nitrogens with one attached hydrogen (secondary N) is 1. The first-order valence-corrected chi connectivity index (χ1v) is 7.61. The predicted octanol–water partition coefficient (Wildman–Crippen LogP) is 3.59. The number of hydrogen-bond acceptors (Lipinski definition) is 3. The molecule has 0 saturated carbocycles. The molecule has 1 saturated heterocycles. The Morgan fingerprint density at radius 3 is 3.06 bits per heavy atom. The van der Waals surface area contributed by atoms with Crippen molar-refractivity contribution < 1.29 is 4.74 Å². The summed E-state index contributed by atoms with van der Waals surface area (Å²) >= 11 is 3.43. The Morgan fingerprint density at radius 1 is 1.50 bits per heavy atom. The fourth-order valence-electron chi connectivity index (χ4n) is 2.43. The van der Waals surface area contributed by atoms with Gasteiger partial charge in [0.05, 0.1) is 11.3 Å². The van der Waals surface area contributed by atoms with Crippen LogP contribution in [0.25, 0.3) is 0 Å². The Morgan fingerprint density at radius 2 is 2.33 bits per heavy atom. The topological polar surface area (TPSA) is 34.2 Å². The Hall–Kier alpha value is -0.610. The number of ether oxygens (including phenoxy) is 1. The Labute approximate surface area is 117 Å². The smallest absolute Gasteiger partial charge is 0.126 e. The lowest BCUT2D eigenvalue weighted by molar-refractivity contribution is -0.0699. The van der Waals surface area contributed by atoms with E-state index < -0.39 is 0 Å². The van der Waals surface area contributed by atoms with Crippen molar-refractivity contribution in [1.82, 2.24) is 4.98 Å². The molecular weight excluding hydrogens is 292 g/mol. The van der Waals surface area contributed by atoms with Gasteiger partial charge in [0.1, 0.15) is 5.82 Å². The number of alkyl halides is 1. The lowest BCUT2D eigenvalue weighted by atomic mass is 9.88. The molecule has 1 fully saturated rings. The highest BCUT2D eigenvalue weighted by molar-refractivity contribution is 9.08. The maximum atomic E-state index is 5.73. The molecule has 0 bridgehead atoms. The molecule has 100 valence electrons. The highest BCUT2D eigenvalue weighted by Gasteiger charge is 2.28. The summed E-state index contributed by atoms with van der Waals surface area (Å²) < 4.78 is 5.73. The van der Waals surface area contributed by atoms with Gasteiger partial charge in [0, 0.05) is 18.5 Å². The van der Waals surface area contributed by atoms with Gasteiger partial charge in [-0.15, -0.1) is 0 Å². The molecule has 18 heavy (non-hydrogen) atoms. The normalized spacial score (nSPS) is 22.7. The number of nitrogens with zero attached hydrogens (tertiary/aromatic N) is 1. The van der Waals surface area contributed by atoms with Crippen LogP contribution in [0, 0.1) is 5.92 Å². The first kappa shape index (κ1) is 13.8. The SMILES string of the molecule is CC1(C)CC(CNc2cccc(CBr)n2)CCO1. The average Bonchev–Trinajstić information content (AvgIpc) is 2.35. The van der Waals surface area contributed by atoms with Crippen molar-refractivity contribution in [2.75, 3.05) is 18.5 Å². The van der Waals surface area contributed by atoms with Crippen LogP contribution in [0.3, 0.4) is 0 Å². The van der Waals surface area contributed by atoms with Gasteiger partial charge in [-0.2, -0.15) is 0 Å². The second-order valence-corrected chi connectivity index (χ2v) is 6.06. The minimum Gasteiger partial charge on any atom is -0.376 e. The summed E-state index contributed by atoms with van der Waals surface area (Å²) in [6.45, 7) is 6.19. The lowest BCUT2D eigenvalue weighted by Gasteiger charge is -2.35. The molecule has 1 aromatic heterocycles. The van der Waals surface area contributed by atoms with Crippen LogP contribution in [-0.2, 0) is 10.1 Å². The third kappa shape index (κ3) is 3.95. The van der Waals surface area contributed by atoms with Crippen molar-refractivity contribution >= 4 is 21.7 Å². The van der Waals surface area contributed by atoms with E-state index in [0.717, 1.165) is 42.8 Å². The van der Waals surface area contributed by atoms with E-state index in [1.807, 2.05) is 18.2 Å². The maximum absolute atomic E-state index is 5.73. The average molecular weight is 313 g/mol. The van der Waals surface area contributed by atoms with E-state index in [4.69, 9.17) is 4.74 Å². The molecule has 2 rings (SSSR count). The molecule has 2 heterocycles. The van der Waals surface area contributed by atoms with E-state index in [0.29, 0.717) is 5.92 Å². The van der Waals surface area contributed by atoms with Gasteiger partial charge in [0.25, 0.3) is 0 Å². The summed E-state index contributed by atoms with van der Waals surface area (Å²) in [5.74, 6) is 1.64. The fourth-order valence-corrected chi connectivity index (χ4v) is 2.75. The van der Waals surface area contributed by atoms with Gasteiger partial charge in [0.2, 0.25) is 0 Å². The molecule has 4 heteroatoms. The summed E-state index contributed by atoms with van der Waals surface area (Å²) in [4.78, 5) is 4.52. The zero-order valence-electron chi connectivity index (χ0n) is 11.1. The van der Waals surface area contributed by atoms with Gasteiger partial charge in [-0.3, -0.25) is 0 Å². The van der Waals surface area contributed by atoms with E-state index >= 15 is 0 Å². The van der Waals surface area contributed by atoms with Crippen molar-refractivity contribution in [2.24, 2.45) is 5.92 Å². The van der Waals surface area contributed by atoms with Crippen LogP contribution < -0.4 is 5.32 Å². The van der Waals surface area contributed by atoms with Crippen molar-refractivity contribution in [3.8, 4) is 0 Å². The van der Waals surface area contributed by atoms with Gasteiger partial charge >= 0.3 is 0 Å². The molecule has 0 radical (unpaired) electrons. The second kappa shape index (κ2) is 6.02. The molecule has 3 nitrogen and oxygen atoms in total. The molecule has 0 aromatic carbocycles. The molecule has 1 atom stereocenters. The third-order valence-corrected chi connectivity index (χ3v) is 3.89. The summed E-state index contributed by atoms with van der Waals surface area (Å²) in [5, 5.41) is 4.24. The van der Waals surface area contributed by atoms with Crippen LogP contribution in [0.1, 0.15) is 32.4 Å². The number of aromatic nitrogens is 1. The largest absolute Gasteiger partial charge is 0.376 e. The Bertz CT molecular complexity index is 395. The number of halogens is 1. The minimum atomic E-state index is 0.0235. The Kier molecular flexibility index (Phi) is 4.62. The van der Waals surface area contributed by atoms with Crippen LogP contribution in [0.4, 0.5) is 5.82 Å². The number of rotatable bonds is 4. The van der Waals surface area contributed by atoms with Gasteiger partial charge in [-0.1, -0.05) is 22.0 Å². The first-order chi connectivity index (χ1) is 8.59. The lowest BCUT2D eigenvalue weighted by Crippen LogP contribution is -2.36. The third-order valence-electron chi connectivity index (χ3n) is 3.31. The molecule has 0 aliphatic carbocycles. The highest BCUT2D eigenvalue weighted by Crippen LogP contribution is 2.28. The van der Waals surface area contributed by atoms with Gasteiger partial charge in [-0.05, 0) is 44.7 Å². The van der Waals surface area contributed by atoms with Crippen LogP contribution in [0.5, 0.6) is 0 Å². The second-order valence-electron chi connectivity index (χ2n) is 5.50. The van der Waals surface area contributed by atoms with Gasteiger partial charge < -0.3 is 10.1 Å². The molecule has 0 spiro atoms. The summed E-state index contributed by atoms with van der Waals surface area (Å²) in [5.41, 5.74) is 1.09. The summed E-state index contributed by atoms with van der Waals surface area (Å²) in [6.07, 6.45) is 2.24. The highest BCUT2D eigenvalue weighted by atomic mass is 79.9. The van der Waals surface area contributed by atoms with Crippen molar-refractivity contribution in [2.45, 2.75) is 37.6 Å². The van der Waals surface area contributed by atoms with E-state index in [1.165, 1.54) is 0 Å². The maximum Gasteiger partial charge on any atom is 0.126 e. The van der Waals surface area contributed by atoms with Crippen molar-refractivity contribution in [3.63, 3.8) is 0 Å². The van der Waals surface area contributed by atoms with Crippen LogP contribution in [-0.4, -0.2) is 23.7 Å². The zero-order valence-corrected chi connectivity index (χ0v) is 12.7. The van der Waals surface area contributed by atoms with E-state index in [9.17, 15) is 0 Å².